The number of amides is 2. The van der Waals surface area contributed by atoms with Gasteiger partial charge in [-0.25, -0.2) is 0 Å². The highest BCUT2D eigenvalue weighted by atomic mass is 35.5. The van der Waals surface area contributed by atoms with Gasteiger partial charge in [0.05, 0.1) is 13.0 Å². The van der Waals surface area contributed by atoms with Crippen LogP contribution in [0.15, 0.2) is 54.6 Å². The zero-order chi connectivity index (χ0) is 18.1. The zero-order valence-corrected chi connectivity index (χ0v) is 14.5. The third-order valence-electron chi connectivity index (χ3n) is 3.22. The molecule has 2 aromatic carbocycles. The van der Waals surface area contributed by atoms with Gasteiger partial charge in [-0.1, -0.05) is 35.9 Å². The van der Waals surface area contributed by atoms with E-state index in [0.717, 1.165) is 16.9 Å². The van der Waals surface area contributed by atoms with E-state index >= 15 is 0 Å². The molecule has 0 spiro atoms. The molecule has 25 heavy (non-hydrogen) atoms. The molecule has 0 unspecified atom stereocenters. The Morgan fingerprint density at radius 3 is 2.36 bits per heavy atom. The minimum absolute atomic E-state index is 0.153. The van der Waals surface area contributed by atoms with Crippen LogP contribution >= 0.6 is 11.6 Å². The Hall–Kier alpha value is -2.79. The monoisotopic (exact) mass is 358 g/mol. The molecule has 0 saturated heterocycles. The third-order valence-corrected chi connectivity index (χ3v) is 3.47. The van der Waals surface area contributed by atoms with Gasteiger partial charge < -0.3 is 4.74 Å². The van der Waals surface area contributed by atoms with Gasteiger partial charge in [-0.2, -0.15) is 0 Å². The predicted molar refractivity (Wildman–Crippen MR) is 98.1 cm³/mol. The number of halogens is 1. The first kappa shape index (κ1) is 18.5. The molecule has 0 fully saturated rings. The number of ether oxygens (including phenoxy) is 1. The summed E-state index contributed by atoms with van der Waals surface area (Å²) in [4.78, 5) is 23.5. The van der Waals surface area contributed by atoms with E-state index < -0.39 is 5.91 Å². The Kier molecular flexibility index (Phi) is 7.04. The highest BCUT2D eigenvalue weighted by molar-refractivity contribution is 6.30. The summed E-state index contributed by atoms with van der Waals surface area (Å²) in [5, 5.41) is 0.608. The molecule has 2 rings (SSSR count). The summed E-state index contributed by atoms with van der Waals surface area (Å²) >= 11 is 5.79. The van der Waals surface area contributed by atoms with E-state index in [2.05, 4.69) is 10.9 Å². The summed E-state index contributed by atoms with van der Waals surface area (Å²) in [6.07, 6.45) is 3.15. The van der Waals surface area contributed by atoms with Crippen molar-refractivity contribution in [1.82, 2.24) is 10.9 Å². The van der Waals surface area contributed by atoms with Crippen molar-refractivity contribution in [2.24, 2.45) is 0 Å². The van der Waals surface area contributed by atoms with Gasteiger partial charge in [0, 0.05) is 11.1 Å². The molecule has 2 N–H and O–H groups in total. The van der Waals surface area contributed by atoms with Crippen molar-refractivity contribution >= 4 is 29.5 Å². The molecule has 0 radical (unpaired) electrons. The molecule has 0 saturated carbocycles. The fourth-order valence-corrected chi connectivity index (χ4v) is 2.14. The number of hydrogen-bond acceptors (Lipinski definition) is 3. The Morgan fingerprint density at radius 2 is 1.72 bits per heavy atom. The molecule has 0 aromatic heterocycles. The zero-order valence-electron chi connectivity index (χ0n) is 13.8. The lowest BCUT2D eigenvalue weighted by atomic mass is 10.1. The maximum atomic E-state index is 11.8. The van der Waals surface area contributed by atoms with Gasteiger partial charge >= 0.3 is 0 Å². The molecule has 0 atom stereocenters. The van der Waals surface area contributed by atoms with Crippen LogP contribution in [0.1, 0.15) is 18.1 Å². The van der Waals surface area contributed by atoms with Crippen LogP contribution < -0.4 is 15.6 Å². The standard InChI is InChI=1S/C19H19ClN2O3/c1-2-25-17-10-5-14(6-11-17)7-12-18(23)21-22-19(24)13-15-3-8-16(20)9-4-15/h3-12H,2,13H2,1H3,(H,21,23)(H,22,24)/b12-7+. The lowest BCUT2D eigenvalue weighted by Gasteiger charge is -2.05. The van der Waals surface area contributed by atoms with Gasteiger partial charge in [0.2, 0.25) is 5.91 Å². The molecule has 6 heteroatoms. The number of hydrazine groups is 1. The molecule has 5 nitrogen and oxygen atoms in total. The van der Waals surface area contributed by atoms with Crippen LogP contribution in [0.25, 0.3) is 6.08 Å². The molecule has 0 aliphatic carbocycles. The second-order valence-electron chi connectivity index (χ2n) is 5.18. The molecule has 130 valence electrons. The SMILES string of the molecule is CCOc1ccc(/C=C/C(=O)NNC(=O)Cc2ccc(Cl)cc2)cc1. The van der Waals surface area contributed by atoms with Crippen LogP contribution in [-0.2, 0) is 16.0 Å². The van der Waals surface area contributed by atoms with Crippen molar-refractivity contribution in [2.45, 2.75) is 13.3 Å². The number of nitrogens with one attached hydrogen (secondary N) is 2. The second kappa shape index (κ2) is 9.49. The number of benzene rings is 2. The second-order valence-corrected chi connectivity index (χ2v) is 5.61. The van der Waals surface area contributed by atoms with Gasteiger partial charge in [0.1, 0.15) is 5.75 Å². The van der Waals surface area contributed by atoms with Crippen molar-refractivity contribution in [3.05, 3.63) is 70.8 Å². The maximum absolute atomic E-state index is 11.8. The van der Waals surface area contributed by atoms with Gasteiger partial charge in [-0.15, -0.1) is 0 Å². The van der Waals surface area contributed by atoms with Crippen LogP contribution in [0.3, 0.4) is 0 Å². The number of carbonyl (C=O) groups excluding carboxylic acids is 2. The minimum Gasteiger partial charge on any atom is -0.494 e. The fraction of sp³-hybridized carbons (Fsp3) is 0.158. The quantitative estimate of drug-likeness (QED) is 0.615. The summed E-state index contributed by atoms with van der Waals surface area (Å²) in [5.74, 6) is 0.0436. The van der Waals surface area contributed by atoms with Gasteiger partial charge in [-0.05, 0) is 48.4 Å². The Labute approximate surface area is 151 Å². The van der Waals surface area contributed by atoms with Crippen molar-refractivity contribution in [3.63, 3.8) is 0 Å². The smallest absolute Gasteiger partial charge is 0.262 e. The summed E-state index contributed by atoms with van der Waals surface area (Å²) in [6, 6.07) is 14.3. The van der Waals surface area contributed by atoms with E-state index in [9.17, 15) is 9.59 Å². The lowest BCUT2D eigenvalue weighted by Crippen LogP contribution is -2.41. The average molecular weight is 359 g/mol. The summed E-state index contributed by atoms with van der Waals surface area (Å²) < 4.78 is 5.35. The topological polar surface area (TPSA) is 67.4 Å². The van der Waals surface area contributed by atoms with E-state index in [4.69, 9.17) is 16.3 Å². The van der Waals surface area contributed by atoms with E-state index in [1.165, 1.54) is 6.08 Å². The first-order valence-electron chi connectivity index (χ1n) is 7.81. The molecular weight excluding hydrogens is 340 g/mol. The number of rotatable bonds is 6. The minimum atomic E-state index is -0.418. The number of hydrogen-bond donors (Lipinski definition) is 2. The summed E-state index contributed by atoms with van der Waals surface area (Å²) in [5.41, 5.74) is 6.36. The van der Waals surface area contributed by atoms with Gasteiger partial charge in [0.25, 0.3) is 5.91 Å². The molecule has 0 aliphatic rings. The molecule has 0 bridgehead atoms. The molecule has 0 heterocycles. The normalized spacial score (nSPS) is 10.5. The molecule has 2 amide bonds. The lowest BCUT2D eigenvalue weighted by molar-refractivity contribution is -0.126. The summed E-state index contributed by atoms with van der Waals surface area (Å²) in [7, 11) is 0. The fourth-order valence-electron chi connectivity index (χ4n) is 2.02. The summed E-state index contributed by atoms with van der Waals surface area (Å²) in [6.45, 7) is 2.52. The molecule has 0 aliphatic heterocycles. The van der Waals surface area contributed by atoms with Crippen LogP contribution in [0, 0.1) is 0 Å². The van der Waals surface area contributed by atoms with E-state index in [0.29, 0.717) is 11.6 Å². The largest absolute Gasteiger partial charge is 0.494 e. The van der Waals surface area contributed by atoms with Crippen LogP contribution in [-0.4, -0.2) is 18.4 Å². The van der Waals surface area contributed by atoms with Crippen LogP contribution in [0.2, 0.25) is 5.02 Å². The van der Waals surface area contributed by atoms with Gasteiger partial charge in [0.15, 0.2) is 0 Å². The van der Waals surface area contributed by atoms with E-state index in [1.54, 1.807) is 30.3 Å². The van der Waals surface area contributed by atoms with Crippen molar-refractivity contribution in [2.75, 3.05) is 6.61 Å². The Bertz CT molecular complexity index is 740. The molecular formula is C19H19ClN2O3. The number of carbonyl (C=O) groups is 2. The Morgan fingerprint density at radius 1 is 1.04 bits per heavy atom. The first-order valence-corrected chi connectivity index (χ1v) is 8.19. The predicted octanol–water partition coefficient (Wildman–Crippen LogP) is 3.14. The van der Waals surface area contributed by atoms with E-state index in [-0.39, 0.29) is 12.3 Å². The van der Waals surface area contributed by atoms with Crippen LogP contribution in [0.5, 0.6) is 5.75 Å². The average Bonchev–Trinajstić information content (AvgIpc) is 2.61. The van der Waals surface area contributed by atoms with Crippen molar-refractivity contribution < 1.29 is 14.3 Å². The highest BCUT2D eigenvalue weighted by Crippen LogP contribution is 2.13. The van der Waals surface area contributed by atoms with Gasteiger partial charge in [-0.3, -0.25) is 20.4 Å². The highest BCUT2D eigenvalue weighted by Gasteiger charge is 2.04. The third kappa shape index (κ3) is 6.69. The van der Waals surface area contributed by atoms with Crippen molar-refractivity contribution in [1.29, 1.82) is 0 Å². The molecule has 2 aromatic rings. The van der Waals surface area contributed by atoms with E-state index in [1.807, 2.05) is 31.2 Å². The van der Waals surface area contributed by atoms with Crippen LogP contribution in [0.4, 0.5) is 0 Å². The van der Waals surface area contributed by atoms with Crippen molar-refractivity contribution in [3.8, 4) is 5.75 Å². The maximum Gasteiger partial charge on any atom is 0.262 e. The first-order chi connectivity index (χ1) is 12.1. The Balaban J connectivity index is 1.77.